The SMILES string of the molecule is CC(=O)CC(F)(F)C(=O)O. The Kier molecular flexibility index (Phi) is 2.45. The van der Waals surface area contributed by atoms with Crippen molar-refractivity contribution in [1.29, 1.82) is 0 Å². The summed E-state index contributed by atoms with van der Waals surface area (Å²) in [5, 5.41) is 7.79. The van der Waals surface area contributed by atoms with Crippen molar-refractivity contribution in [3.05, 3.63) is 0 Å². The Morgan fingerprint density at radius 2 is 1.90 bits per heavy atom. The molecule has 0 saturated carbocycles. The van der Waals surface area contributed by atoms with Gasteiger partial charge in [0.2, 0.25) is 0 Å². The average Bonchev–Trinajstić information content (AvgIpc) is 1.60. The second-order valence-corrected chi connectivity index (χ2v) is 1.89. The van der Waals surface area contributed by atoms with Crippen LogP contribution in [0.15, 0.2) is 0 Å². The van der Waals surface area contributed by atoms with Crippen LogP contribution in [0.1, 0.15) is 13.3 Å². The molecule has 1 N–H and O–H groups in total. The number of aliphatic carboxylic acids is 1. The van der Waals surface area contributed by atoms with E-state index in [2.05, 4.69) is 0 Å². The minimum Gasteiger partial charge on any atom is -0.477 e. The molecule has 0 aromatic rings. The van der Waals surface area contributed by atoms with Gasteiger partial charge in [0.1, 0.15) is 5.78 Å². The summed E-state index contributed by atoms with van der Waals surface area (Å²) in [6.45, 7) is 0.914. The summed E-state index contributed by atoms with van der Waals surface area (Å²) >= 11 is 0. The molecule has 0 heterocycles. The number of carbonyl (C=O) groups excluding carboxylic acids is 1. The number of alkyl halides is 2. The molecule has 0 bridgehead atoms. The highest BCUT2D eigenvalue weighted by Crippen LogP contribution is 2.18. The van der Waals surface area contributed by atoms with Gasteiger partial charge >= 0.3 is 11.9 Å². The molecule has 0 atom stereocenters. The highest BCUT2D eigenvalue weighted by atomic mass is 19.3. The summed E-state index contributed by atoms with van der Waals surface area (Å²) in [6.07, 6.45) is -1.23. The highest BCUT2D eigenvalue weighted by Gasteiger charge is 2.39. The highest BCUT2D eigenvalue weighted by molar-refractivity contribution is 5.85. The third-order valence-corrected chi connectivity index (χ3v) is 0.784. The van der Waals surface area contributed by atoms with Crippen LogP contribution in [0.2, 0.25) is 0 Å². The lowest BCUT2D eigenvalue weighted by atomic mass is 10.2. The van der Waals surface area contributed by atoms with Gasteiger partial charge in [-0.25, -0.2) is 4.79 Å². The zero-order valence-electron chi connectivity index (χ0n) is 5.23. The maximum Gasteiger partial charge on any atom is 0.375 e. The van der Waals surface area contributed by atoms with Gasteiger partial charge in [0, 0.05) is 0 Å². The van der Waals surface area contributed by atoms with Crippen LogP contribution in [-0.2, 0) is 9.59 Å². The summed E-state index contributed by atoms with van der Waals surface area (Å²) in [7, 11) is 0. The van der Waals surface area contributed by atoms with E-state index in [1.807, 2.05) is 0 Å². The third kappa shape index (κ3) is 2.52. The second-order valence-electron chi connectivity index (χ2n) is 1.89. The van der Waals surface area contributed by atoms with Crippen molar-refractivity contribution in [1.82, 2.24) is 0 Å². The Morgan fingerprint density at radius 1 is 1.50 bits per heavy atom. The molecule has 10 heavy (non-hydrogen) atoms. The first-order chi connectivity index (χ1) is 4.36. The lowest BCUT2D eigenvalue weighted by molar-refractivity contribution is -0.167. The van der Waals surface area contributed by atoms with E-state index < -0.39 is 24.1 Å². The lowest BCUT2D eigenvalue weighted by Gasteiger charge is -2.06. The summed E-state index contributed by atoms with van der Waals surface area (Å²) in [6, 6.07) is 0. The largest absolute Gasteiger partial charge is 0.477 e. The first kappa shape index (κ1) is 9.00. The number of hydrogen-bond acceptors (Lipinski definition) is 2. The van der Waals surface area contributed by atoms with E-state index in [1.165, 1.54) is 0 Å². The first-order valence-corrected chi connectivity index (χ1v) is 2.47. The molecule has 0 fully saturated rings. The van der Waals surface area contributed by atoms with E-state index >= 15 is 0 Å². The van der Waals surface area contributed by atoms with Gasteiger partial charge in [-0.1, -0.05) is 0 Å². The van der Waals surface area contributed by atoms with Crippen LogP contribution < -0.4 is 0 Å². The summed E-state index contributed by atoms with van der Waals surface area (Å²) in [5.41, 5.74) is 0. The topological polar surface area (TPSA) is 54.4 Å². The number of Topliss-reactive ketones (excluding diaryl/α,β-unsaturated/α-hetero) is 1. The first-order valence-electron chi connectivity index (χ1n) is 2.47. The van der Waals surface area contributed by atoms with Crippen molar-refractivity contribution in [3.63, 3.8) is 0 Å². The molecular formula is C5H6F2O3. The molecule has 0 aliphatic carbocycles. The molecule has 0 aliphatic heterocycles. The van der Waals surface area contributed by atoms with Gasteiger partial charge in [-0.3, -0.25) is 4.79 Å². The summed E-state index contributed by atoms with van der Waals surface area (Å²) < 4.78 is 24.0. The van der Waals surface area contributed by atoms with Gasteiger partial charge < -0.3 is 5.11 Å². The standard InChI is InChI=1S/C5H6F2O3/c1-3(8)2-5(6,7)4(9)10/h2H2,1H3,(H,9,10). The number of ketones is 1. The normalized spacial score (nSPS) is 11.1. The fourth-order valence-electron chi connectivity index (χ4n) is 0.388. The van der Waals surface area contributed by atoms with Crippen LogP contribution in [0.25, 0.3) is 0 Å². The maximum atomic E-state index is 12.0. The van der Waals surface area contributed by atoms with Crippen LogP contribution >= 0.6 is 0 Å². The van der Waals surface area contributed by atoms with E-state index in [0.717, 1.165) is 6.92 Å². The summed E-state index contributed by atoms with van der Waals surface area (Å²) in [4.78, 5) is 19.7. The van der Waals surface area contributed by atoms with E-state index in [0.29, 0.717) is 0 Å². The molecule has 0 rings (SSSR count). The number of carboxylic acids is 1. The lowest BCUT2D eigenvalue weighted by Crippen LogP contribution is -2.30. The van der Waals surface area contributed by atoms with E-state index in [1.54, 1.807) is 0 Å². The molecule has 0 amide bonds. The number of carbonyl (C=O) groups is 2. The molecule has 0 spiro atoms. The van der Waals surface area contributed by atoms with Crippen molar-refractivity contribution >= 4 is 11.8 Å². The molecule has 5 heteroatoms. The van der Waals surface area contributed by atoms with Crippen LogP contribution in [0, 0.1) is 0 Å². The van der Waals surface area contributed by atoms with Crippen LogP contribution in [0.4, 0.5) is 8.78 Å². The number of rotatable bonds is 3. The van der Waals surface area contributed by atoms with E-state index in [-0.39, 0.29) is 0 Å². The molecule has 0 aliphatic rings. The molecule has 0 radical (unpaired) electrons. The van der Waals surface area contributed by atoms with Gasteiger partial charge in [-0.15, -0.1) is 0 Å². The molecule has 3 nitrogen and oxygen atoms in total. The third-order valence-electron chi connectivity index (χ3n) is 0.784. The smallest absolute Gasteiger partial charge is 0.375 e. The van der Waals surface area contributed by atoms with E-state index in [9.17, 15) is 18.4 Å². The molecule has 0 saturated heterocycles. The van der Waals surface area contributed by atoms with Crippen molar-refractivity contribution in [3.8, 4) is 0 Å². The minimum atomic E-state index is -3.91. The number of halogens is 2. The molecule has 0 unspecified atom stereocenters. The average molecular weight is 152 g/mol. The van der Waals surface area contributed by atoms with Gasteiger partial charge in [0.25, 0.3) is 0 Å². The van der Waals surface area contributed by atoms with Gasteiger partial charge in [0.05, 0.1) is 6.42 Å². The van der Waals surface area contributed by atoms with E-state index in [4.69, 9.17) is 5.11 Å². The maximum absolute atomic E-state index is 12.0. The van der Waals surface area contributed by atoms with Crippen LogP contribution in [-0.4, -0.2) is 22.8 Å². The molecule has 0 aromatic heterocycles. The zero-order valence-corrected chi connectivity index (χ0v) is 5.23. The van der Waals surface area contributed by atoms with Gasteiger partial charge in [-0.2, -0.15) is 8.78 Å². The fourth-order valence-corrected chi connectivity index (χ4v) is 0.388. The molecule has 0 aromatic carbocycles. The summed E-state index contributed by atoms with van der Waals surface area (Å²) in [5.74, 6) is -7.01. The monoisotopic (exact) mass is 152 g/mol. The Balaban J connectivity index is 4.13. The van der Waals surface area contributed by atoms with Gasteiger partial charge in [0.15, 0.2) is 0 Å². The number of hydrogen-bond donors (Lipinski definition) is 1. The minimum absolute atomic E-state index is 0.840. The predicted molar refractivity (Wildman–Crippen MR) is 27.9 cm³/mol. The fraction of sp³-hybridized carbons (Fsp3) is 0.600. The van der Waals surface area contributed by atoms with Crippen LogP contribution in [0.5, 0.6) is 0 Å². The second kappa shape index (κ2) is 2.72. The Bertz CT molecular complexity index is 164. The van der Waals surface area contributed by atoms with Crippen molar-refractivity contribution in [2.75, 3.05) is 0 Å². The molecular weight excluding hydrogens is 146 g/mol. The van der Waals surface area contributed by atoms with Gasteiger partial charge in [-0.05, 0) is 6.92 Å². The predicted octanol–water partition coefficient (Wildman–Crippen LogP) is 0.685. The molecule has 58 valence electrons. The Labute approximate surface area is 55.6 Å². The zero-order chi connectivity index (χ0) is 8.36. The Hall–Kier alpha value is -1.00. The van der Waals surface area contributed by atoms with Crippen molar-refractivity contribution in [2.45, 2.75) is 19.3 Å². The van der Waals surface area contributed by atoms with Crippen LogP contribution in [0.3, 0.4) is 0 Å². The Morgan fingerprint density at radius 3 is 2.00 bits per heavy atom. The number of carboxylic acid groups (broad SMARTS) is 1. The van der Waals surface area contributed by atoms with Crippen molar-refractivity contribution < 1.29 is 23.5 Å². The van der Waals surface area contributed by atoms with Crippen molar-refractivity contribution in [2.24, 2.45) is 0 Å². The quantitative estimate of drug-likeness (QED) is 0.647.